The Balaban J connectivity index is 2.25. The first kappa shape index (κ1) is 43.3. The summed E-state index contributed by atoms with van der Waals surface area (Å²) in [5.74, 6) is -2.10. The van der Waals surface area contributed by atoms with Crippen LogP contribution in [0.1, 0.15) is 59.3 Å². The standard InChI is InChI=1S/C28H52N3O17P/c1-14(33)10-19(35)30-21-24(38)23(37)18(47-27(21)43-9-7-5-4-6-8-29)13-44-28-22(31-20(36)11-15(2)45-16(3)34)25(39)26(17(12-32)46-28)48-49(40,41)42/h14-15,17-18,21-28,32-33,37-39H,4-13,29H2,1-3H3,(H,30,35)(H,31,36)(H2,40,41,42)/t14-,15-,17?,18?,21?,22?,23?,24?,25?,26?,27?,28?/m1/s1. The first-order valence-corrected chi connectivity index (χ1v) is 17.6. The quantitative estimate of drug-likeness (QED) is 0.0331. The molecule has 2 fully saturated rings. The fraction of sp³-hybridized carbons (Fsp3) is 0.893. The van der Waals surface area contributed by atoms with E-state index < -0.39 is 119 Å². The van der Waals surface area contributed by atoms with Crippen molar-refractivity contribution in [2.75, 3.05) is 26.4 Å². The number of nitrogens with two attached hydrogens (primary N) is 1. The van der Waals surface area contributed by atoms with Gasteiger partial charge in [0.15, 0.2) is 12.6 Å². The van der Waals surface area contributed by atoms with Crippen molar-refractivity contribution in [1.82, 2.24) is 10.6 Å². The summed E-state index contributed by atoms with van der Waals surface area (Å²) in [6.45, 7) is 3.13. The van der Waals surface area contributed by atoms with Gasteiger partial charge >= 0.3 is 13.8 Å². The van der Waals surface area contributed by atoms with Crippen molar-refractivity contribution in [3.8, 4) is 0 Å². The summed E-state index contributed by atoms with van der Waals surface area (Å²) in [5, 5.41) is 57.4. The van der Waals surface area contributed by atoms with E-state index in [0.717, 1.165) is 26.2 Å². The number of phosphoric ester groups is 1. The van der Waals surface area contributed by atoms with Gasteiger partial charge in [-0.15, -0.1) is 0 Å². The topological polar surface area (TPSA) is 315 Å². The van der Waals surface area contributed by atoms with Crippen LogP contribution >= 0.6 is 7.82 Å². The number of rotatable bonds is 20. The molecule has 11 N–H and O–H groups in total. The molecule has 0 aromatic rings. The number of hydrogen-bond acceptors (Lipinski definition) is 16. The summed E-state index contributed by atoms with van der Waals surface area (Å²) in [7, 11) is -5.25. The van der Waals surface area contributed by atoms with E-state index in [-0.39, 0.29) is 13.0 Å². The van der Waals surface area contributed by atoms with E-state index in [1.807, 2.05) is 0 Å². The summed E-state index contributed by atoms with van der Waals surface area (Å²) in [5.41, 5.74) is 5.52. The van der Waals surface area contributed by atoms with E-state index >= 15 is 0 Å². The molecule has 2 aliphatic rings. The fourth-order valence-electron chi connectivity index (χ4n) is 5.35. The number of hydrogen-bond donors (Lipinski definition) is 10. The average molecular weight is 734 g/mol. The second-order valence-electron chi connectivity index (χ2n) is 12.1. The third-order valence-electron chi connectivity index (χ3n) is 7.59. The van der Waals surface area contributed by atoms with Crippen LogP contribution in [-0.4, -0.2) is 153 Å². The van der Waals surface area contributed by atoms with Gasteiger partial charge in [-0.3, -0.25) is 18.9 Å². The van der Waals surface area contributed by atoms with Gasteiger partial charge < -0.3 is 75.4 Å². The lowest BCUT2D eigenvalue weighted by Gasteiger charge is -2.45. The molecule has 10 unspecified atom stereocenters. The van der Waals surface area contributed by atoms with Crippen molar-refractivity contribution < 1.29 is 82.5 Å². The molecule has 0 bridgehead atoms. The number of nitrogens with one attached hydrogen (secondary N) is 2. The van der Waals surface area contributed by atoms with Gasteiger partial charge in [0.1, 0.15) is 54.8 Å². The molecule has 286 valence electrons. The molecule has 0 aromatic heterocycles. The Morgan fingerprint density at radius 2 is 1.43 bits per heavy atom. The number of unbranched alkanes of at least 4 members (excludes halogenated alkanes) is 3. The molecule has 0 radical (unpaired) electrons. The SMILES string of the molecule is CC(=O)O[C@H](C)CC(=O)NC1C(OCC2OC(OCCCCCCN)C(NC(=O)C[C@@H](C)O)C(O)C2O)OC(CO)C(OP(=O)(O)O)C1O. The summed E-state index contributed by atoms with van der Waals surface area (Å²) < 4.78 is 44.3. The average Bonchev–Trinajstić information content (AvgIpc) is 2.98. The van der Waals surface area contributed by atoms with E-state index in [1.165, 1.54) is 13.8 Å². The Hall–Kier alpha value is -1.88. The number of aliphatic hydroxyl groups is 5. The Kier molecular flexibility index (Phi) is 18.4. The third-order valence-corrected chi connectivity index (χ3v) is 8.11. The molecule has 0 saturated carbocycles. The largest absolute Gasteiger partial charge is 0.470 e. The Morgan fingerprint density at radius 1 is 0.857 bits per heavy atom. The number of ether oxygens (including phenoxy) is 5. The van der Waals surface area contributed by atoms with Gasteiger partial charge in [-0.2, -0.15) is 0 Å². The molecule has 2 amide bonds. The molecule has 0 aromatic carbocycles. The predicted octanol–water partition coefficient (Wildman–Crippen LogP) is -3.38. The van der Waals surface area contributed by atoms with E-state index in [4.69, 9.17) is 29.4 Å². The predicted molar refractivity (Wildman–Crippen MR) is 165 cm³/mol. The lowest BCUT2D eigenvalue weighted by molar-refractivity contribution is -0.302. The molecule has 0 aliphatic carbocycles. The van der Waals surface area contributed by atoms with Gasteiger partial charge in [-0.05, 0) is 33.2 Å². The first-order chi connectivity index (χ1) is 23.0. The van der Waals surface area contributed by atoms with Crippen LogP contribution in [-0.2, 0) is 47.2 Å². The van der Waals surface area contributed by atoms with Gasteiger partial charge in [-0.1, -0.05) is 12.8 Å². The number of phosphoric acid groups is 1. The number of esters is 1. The number of carbonyl (C=O) groups excluding carboxylic acids is 3. The maximum Gasteiger partial charge on any atom is 0.470 e. The van der Waals surface area contributed by atoms with E-state index in [1.54, 1.807) is 0 Å². The van der Waals surface area contributed by atoms with Crippen molar-refractivity contribution in [1.29, 1.82) is 0 Å². The number of aliphatic hydroxyl groups excluding tert-OH is 5. The molecule has 2 rings (SSSR count). The molecular formula is C28H52N3O17P. The molecule has 21 heteroatoms. The molecule has 12 atom stereocenters. The Morgan fingerprint density at radius 3 is 2.00 bits per heavy atom. The maximum atomic E-state index is 12.8. The van der Waals surface area contributed by atoms with E-state index in [2.05, 4.69) is 15.2 Å². The first-order valence-electron chi connectivity index (χ1n) is 16.0. The van der Waals surface area contributed by atoms with E-state index in [0.29, 0.717) is 13.0 Å². The molecule has 20 nitrogen and oxygen atoms in total. The highest BCUT2D eigenvalue weighted by atomic mass is 31.2. The van der Waals surface area contributed by atoms with Crippen LogP contribution in [0, 0.1) is 0 Å². The second kappa shape index (κ2) is 20.8. The second-order valence-corrected chi connectivity index (χ2v) is 13.3. The minimum atomic E-state index is -5.25. The fourth-order valence-corrected chi connectivity index (χ4v) is 5.93. The zero-order valence-electron chi connectivity index (χ0n) is 27.7. The highest BCUT2D eigenvalue weighted by Crippen LogP contribution is 2.41. The van der Waals surface area contributed by atoms with Crippen LogP contribution in [0.5, 0.6) is 0 Å². The van der Waals surface area contributed by atoms with Gasteiger partial charge in [-0.25, -0.2) is 4.57 Å². The monoisotopic (exact) mass is 733 g/mol. The van der Waals surface area contributed by atoms with Crippen molar-refractivity contribution >= 4 is 25.6 Å². The number of amides is 2. The van der Waals surface area contributed by atoms with Gasteiger partial charge in [0.05, 0.1) is 32.2 Å². The minimum absolute atomic E-state index is 0.144. The molecule has 2 saturated heterocycles. The van der Waals surface area contributed by atoms with E-state index in [9.17, 15) is 54.3 Å². The lowest BCUT2D eigenvalue weighted by atomic mass is 9.95. The van der Waals surface area contributed by atoms with Crippen molar-refractivity contribution in [3.05, 3.63) is 0 Å². The van der Waals surface area contributed by atoms with Gasteiger partial charge in [0.2, 0.25) is 11.8 Å². The summed E-state index contributed by atoms with van der Waals surface area (Å²) >= 11 is 0. The van der Waals surface area contributed by atoms with Crippen molar-refractivity contribution in [2.45, 2.75) is 133 Å². The summed E-state index contributed by atoms with van der Waals surface area (Å²) in [6, 6.07) is -2.86. The molecule has 2 heterocycles. The zero-order chi connectivity index (χ0) is 36.9. The molecule has 49 heavy (non-hydrogen) atoms. The van der Waals surface area contributed by atoms with Crippen LogP contribution in [0.3, 0.4) is 0 Å². The van der Waals surface area contributed by atoms with Crippen LogP contribution in [0.2, 0.25) is 0 Å². The van der Waals surface area contributed by atoms with Gasteiger partial charge in [0.25, 0.3) is 0 Å². The van der Waals surface area contributed by atoms with Crippen LogP contribution in [0.25, 0.3) is 0 Å². The van der Waals surface area contributed by atoms with Crippen LogP contribution in [0.15, 0.2) is 0 Å². The lowest BCUT2D eigenvalue weighted by Crippen LogP contribution is -2.67. The highest BCUT2D eigenvalue weighted by Gasteiger charge is 2.51. The normalized spacial score (nSPS) is 31.8. The van der Waals surface area contributed by atoms with Crippen molar-refractivity contribution in [2.24, 2.45) is 5.73 Å². The molecule has 2 aliphatic heterocycles. The smallest absolute Gasteiger partial charge is 0.462 e. The summed E-state index contributed by atoms with van der Waals surface area (Å²) in [6.07, 6.45) is -12.6. The number of carbonyl (C=O) groups is 3. The van der Waals surface area contributed by atoms with Crippen LogP contribution < -0.4 is 16.4 Å². The van der Waals surface area contributed by atoms with Crippen molar-refractivity contribution in [3.63, 3.8) is 0 Å². The third kappa shape index (κ3) is 14.7. The minimum Gasteiger partial charge on any atom is -0.462 e. The van der Waals surface area contributed by atoms with Crippen LogP contribution in [0.4, 0.5) is 0 Å². The highest BCUT2D eigenvalue weighted by molar-refractivity contribution is 7.46. The molecule has 0 spiro atoms. The zero-order valence-corrected chi connectivity index (χ0v) is 28.6. The van der Waals surface area contributed by atoms with Gasteiger partial charge in [0, 0.05) is 13.5 Å². The summed E-state index contributed by atoms with van der Waals surface area (Å²) in [4.78, 5) is 55.3. The molecular weight excluding hydrogens is 681 g/mol. The Labute approximate surface area is 283 Å². The Bertz CT molecular complexity index is 1080. The maximum absolute atomic E-state index is 12.8.